The normalized spacial score (nSPS) is 24.2. The van der Waals surface area contributed by atoms with Gasteiger partial charge in [0.15, 0.2) is 0 Å². The summed E-state index contributed by atoms with van der Waals surface area (Å²) in [6, 6.07) is 6.16. The number of amides is 3. The third-order valence-corrected chi connectivity index (χ3v) is 6.83. The van der Waals surface area contributed by atoms with E-state index in [1.165, 1.54) is 0 Å². The Morgan fingerprint density at radius 1 is 1.24 bits per heavy atom. The summed E-state index contributed by atoms with van der Waals surface area (Å²) in [5.74, 6) is 0.127. The summed E-state index contributed by atoms with van der Waals surface area (Å²) in [4.78, 5) is 42.5. The molecule has 0 radical (unpaired) electrons. The van der Waals surface area contributed by atoms with Crippen molar-refractivity contribution in [1.82, 2.24) is 15.1 Å². The van der Waals surface area contributed by atoms with E-state index < -0.39 is 11.8 Å². The zero-order valence-electron chi connectivity index (χ0n) is 19.4. The highest BCUT2D eigenvalue weighted by molar-refractivity contribution is 5.98. The lowest BCUT2D eigenvalue weighted by atomic mass is 9.96. The molecular formula is C24H33N3O6. The number of carbonyl (C=O) groups excluding carboxylic acids is 3. The highest BCUT2D eigenvalue weighted by atomic mass is 16.5. The first-order valence-electron chi connectivity index (χ1n) is 11.8. The Bertz CT molecular complexity index is 877. The fourth-order valence-electron chi connectivity index (χ4n) is 4.93. The quantitative estimate of drug-likeness (QED) is 0.694. The molecule has 3 saturated heterocycles. The molecule has 3 fully saturated rings. The summed E-state index contributed by atoms with van der Waals surface area (Å²) in [6.07, 6.45) is 3.28. The van der Waals surface area contributed by atoms with Crippen molar-refractivity contribution in [3.05, 3.63) is 29.8 Å². The van der Waals surface area contributed by atoms with Crippen molar-refractivity contribution in [3.8, 4) is 5.75 Å². The van der Waals surface area contributed by atoms with Gasteiger partial charge in [-0.1, -0.05) is 13.0 Å². The summed E-state index contributed by atoms with van der Waals surface area (Å²) >= 11 is 0. The molecule has 3 aliphatic rings. The molecule has 3 heterocycles. The second kappa shape index (κ2) is 10.1. The molecular weight excluding hydrogens is 426 g/mol. The molecule has 3 aliphatic heterocycles. The number of hydrogen-bond acceptors (Lipinski definition) is 6. The lowest BCUT2D eigenvalue weighted by molar-refractivity contribution is -0.143. The van der Waals surface area contributed by atoms with Crippen molar-refractivity contribution in [2.75, 3.05) is 40.0 Å². The monoisotopic (exact) mass is 459 g/mol. The summed E-state index contributed by atoms with van der Waals surface area (Å²) < 4.78 is 17.1. The fraction of sp³-hybridized carbons (Fsp3) is 0.625. The minimum absolute atomic E-state index is 0.0102. The second-order valence-electron chi connectivity index (χ2n) is 8.79. The van der Waals surface area contributed by atoms with E-state index in [-0.39, 0.29) is 30.4 Å². The molecule has 1 N–H and O–H groups in total. The first-order chi connectivity index (χ1) is 16.0. The van der Waals surface area contributed by atoms with Gasteiger partial charge < -0.3 is 24.4 Å². The number of nitrogens with zero attached hydrogens (tertiary/aromatic N) is 2. The lowest BCUT2D eigenvalue weighted by Crippen LogP contribution is -2.60. The largest absolute Gasteiger partial charge is 0.497 e. The van der Waals surface area contributed by atoms with Crippen molar-refractivity contribution in [1.29, 1.82) is 0 Å². The number of hydrogen-bond donors (Lipinski definition) is 1. The van der Waals surface area contributed by atoms with E-state index in [0.29, 0.717) is 56.8 Å². The zero-order valence-corrected chi connectivity index (χ0v) is 19.4. The van der Waals surface area contributed by atoms with Crippen LogP contribution in [0.5, 0.6) is 5.75 Å². The third kappa shape index (κ3) is 4.84. The molecule has 3 amide bonds. The van der Waals surface area contributed by atoms with E-state index in [2.05, 4.69) is 5.32 Å². The average Bonchev–Trinajstić information content (AvgIpc) is 3.50. The van der Waals surface area contributed by atoms with Gasteiger partial charge in [-0.2, -0.15) is 0 Å². The van der Waals surface area contributed by atoms with Crippen molar-refractivity contribution >= 4 is 17.7 Å². The summed E-state index contributed by atoms with van der Waals surface area (Å²) in [5, 5.41) is 2.96. The summed E-state index contributed by atoms with van der Waals surface area (Å²) in [7, 11) is 1.55. The number of carbonyl (C=O) groups is 3. The third-order valence-electron chi connectivity index (χ3n) is 6.83. The van der Waals surface area contributed by atoms with Crippen LogP contribution in [0, 0.1) is 0 Å². The van der Waals surface area contributed by atoms with Crippen LogP contribution in [0.4, 0.5) is 0 Å². The Labute approximate surface area is 194 Å². The fourth-order valence-corrected chi connectivity index (χ4v) is 4.93. The first kappa shape index (κ1) is 23.5. The Hall–Kier alpha value is -2.65. The van der Waals surface area contributed by atoms with E-state index in [4.69, 9.17) is 14.2 Å². The van der Waals surface area contributed by atoms with Crippen molar-refractivity contribution in [2.45, 2.75) is 56.9 Å². The SMILES string of the molecule is CCC(=O)N1CCC2(CC1)OC[C@@H](C(=O)NC[C@@H]1CCCO1)N2C(=O)c1cccc(OC)c1. The van der Waals surface area contributed by atoms with E-state index in [1.54, 1.807) is 41.2 Å². The van der Waals surface area contributed by atoms with E-state index in [0.717, 1.165) is 12.8 Å². The molecule has 0 aromatic heterocycles. The Balaban J connectivity index is 1.56. The van der Waals surface area contributed by atoms with Gasteiger partial charge in [-0.3, -0.25) is 19.3 Å². The van der Waals surface area contributed by atoms with Crippen LogP contribution in [-0.2, 0) is 19.1 Å². The van der Waals surface area contributed by atoms with E-state index in [9.17, 15) is 14.4 Å². The number of benzene rings is 1. The molecule has 33 heavy (non-hydrogen) atoms. The van der Waals surface area contributed by atoms with E-state index in [1.807, 2.05) is 6.92 Å². The highest BCUT2D eigenvalue weighted by Gasteiger charge is 2.54. The Kier molecular flexibility index (Phi) is 7.19. The van der Waals surface area contributed by atoms with Crippen LogP contribution in [0.1, 0.15) is 49.4 Å². The van der Waals surface area contributed by atoms with Crippen molar-refractivity contribution < 1.29 is 28.6 Å². The molecule has 0 aliphatic carbocycles. The van der Waals surface area contributed by atoms with Gasteiger partial charge >= 0.3 is 0 Å². The second-order valence-corrected chi connectivity index (χ2v) is 8.79. The molecule has 4 rings (SSSR count). The number of ether oxygens (including phenoxy) is 3. The van der Waals surface area contributed by atoms with Crippen LogP contribution in [0.2, 0.25) is 0 Å². The standard InChI is InChI=1S/C24H33N3O6/c1-3-21(28)26-11-9-24(10-12-26)27(23(30)17-6-4-7-18(14-17)31-2)20(16-33-24)22(29)25-15-19-8-5-13-32-19/h4,6-7,14,19-20H,3,5,8-13,15-16H2,1-2H3,(H,25,29)/t19-,20-/m0/s1. The number of rotatable bonds is 6. The molecule has 2 atom stereocenters. The number of nitrogens with one attached hydrogen (secondary N) is 1. The van der Waals surface area contributed by atoms with Crippen LogP contribution in [-0.4, -0.2) is 85.3 Å². The molecule has 0 saturated carbocycles. The molecule has 1 aromatic rings. The van der Waals surface area contributed by atoms with Crippen LogP contribution in [0.25, 0.3) is 0 Å². The first-order valence-corrected chi connectivity index (χ1v) is 11.8. The van der Waals surface area contributed by atoms with Gasteiger partial charge in [0.2, 0.25) is 11.8 Å². The van der Waals surface area contributed by atoms with Crippen molar-refractivity contribution in [3.63, 3.8) is 0 Å². The minimum Gasteiger partial charge on any atom is -0.497 e. The van der Waals surface area contributed by atoms with Gasteiger partial charge in [-0.05, 0) is 31.0 Å². The minimum atomic E-state index is -0.920. The van der Waals surface area contributed by atoms with Crippen LogP contribution in [0.3, 0.4) is 0 Å². The lowest BCUT2D eigenvalue weighted by Gasteiger charge is -2.44. The average molecular weight is 460 g/mol. The summed E-state index contributed by atoms with van der Waals surface area (Å²) in [6.45, 7) is 4.06. The topological polar surface area (TPSA) is 97.4 Å². The molecule has 180 valence electrons. The Morgan fingerprint density at radius 2 is 2.03 bits per heavy atom. The van der Waals surface area contributed by atoms with Crippen molar-refractivity contribution in [2.24, 2.45) is 0 Å². The van der Waals surface area contributed by atoms with Gasteiger partial charge in [-0.15, -0.1) is 0 Å². The van der Waals surface area contributed by atoms with Crippen LogP contribution in [0.15, 0.2) is 24.3 Å². The molecule has 9 heteroatoms. The summed E-state index contributed by atoms with van der Waals surface area (Å²) in [5.41, 5.74) is -0.487. The van der Waals surface area contributed by atoms with E-state index >= 15 is 0 Å². The Morgan fingerprint density at radius 3 is 2.70 bits per heavy atom. The van der Waals surface area contributed by atoms with Gasteiger partial charge in [-0.25, -0.2) is 0 Å². The van der Waals surface area contributed by atoms with Gasteiger partial charge in [0.05, 0.1) is 19.8 Å². The zero-order chi connectivity index (χ0) is 23.4. The maximum Gasteiger partial charge on any atom is 0.257 e. The molecule has 0 bridgehead atoms. The molecule has 1 spiro atoms. The van der Waals surface area contributed by atoms with Gasteiger partial charge in [0.25, 0.3) is 5.91 Å². The number of piperidine rings is 1. The van der Waals surface area contributed by atoms with Gasteiger partial charge in [0, 0.05) is 51.1 Å². The maximum atomic E-state index is 13.7. The van der Waals surface area contributed by atoms with Gasteiger partial charge in [0.1, 0.15) is 17.5 Å². The van der Waals surface area contributed by atoms with Crippen LogP contribution < -0.4 is 10.1 Å². The number of methoxy groups -OCH3 is 1. The van der Waals surface area contributed by atoms with Crippen LogP contribution >= 0.6 is 0 Å². The molecule has 9 nitrogen and oxygen atoms in total. The predicted molar refractivity (Wildman–Crippen MR) is 120 cm³/mol. The smallest absolute Gasteiger partial charge is 0.257 e. The maximum absolute atomic E-state index is 13.7. The number of likely N-dealkylation sites (tertiary alicyclic amines) is 1. The highest BCUT2D eigenvalue weighted by Crippen LogP contribution is 2.39. The molecule has 1 aromatic carbocycles. The molecule has 0 unspecified atom stereocenters. The predicted octanol–water partition coefficient (Wildman–Crippen LogP) is 1.56.